The summed E-state index contributed by atoms with van der Waals surface area (Å²) in [5.74, 6) is 0. The molecule has 1 saturated heterocycles. The number of piperazine rings is 1. The molecular weight excluding hydrogens is 378 g/mol. The van der Waals surface area contributed by atoms with Gasteiger partial charge < -0.3 is 10.2 Å². The fourth-order valence-electron chi connectivity index (χ4n) is 2.00. The van der Waals surface area contributed by atoms with Crippen molar-refractivity contribution in [3.8, 4) is 0 Å². The molecule has 0 bridgehead atoms. The molecule has 2 heterocycles. The summed E-state index contributed by atoms with van der Waals surface area (Å²) in [6, 6.07) is 2.18. The summed E-state index contributed by atoms with van der Waals surface area (Å²) in [7, 11) is 2.20. The first-order valence-corrected chi connectivity index (χ1v) is 8.61. The molecule has 0 saturated carbocycles. The van der Waals surface area contributed by atoms with Crippen molar-refractivity contribution < 1.29 is 0 Å². The van der Waals surface area contributed by atoms with Gasteiger partial charge in [-0.1, -0.05) is 0 Å². The summed E-state index contributed by atoms with van der Waals surface area (Å²) in [4.78, 5) is 6.30. The Labute approximate surface area is 130 Å². The van der Waals surface area contributed by atoms with E-state index in [2.05, 4.69) is 60.1 Å². The highest BCUT2D eigenvalue weighted by Gasteiger charge is 2.12. The number of hydrogen-bond acceptors (Lipinski definition) is 4. The fraction of sp³-hybridized carbons (Fsp3) is 0.667. The van der Waals surface area contributed by atoms with Crippen LogP contribution in [-0.2, 0) is 6.54 Å². The Morgan fingerprint density at radius 3 is 2.61 bits per heavy atom. The van der Waals surface area contributed by atoms with Crippen LogP contribution < -0.4 is 5.32 Å². The predicted molar refractivity (Wildman–Crippen MR) is 85.4 cm³/mol. The van der Waals surface area contributed by atoms with E-state index in [9.17, 15) is 0 Å². The standard InChI is InChI=1S/C12H19Br2N3S/c1-16-4-6-17(7-5-16)3-2-15-9-10-8-11(13)12(14)18-10/h8,15H,2-7,9H2,1H3. The molecule has 1 N–H and O–H groups in total. The van der Waals surface area contributed by atoms with Crippen molar-refractivity contribution in [1.82, 2.24) is 15.1 Å². The summed E-state index contributed by atoms with van der Waals surface area (Å²) < 4.78 is 2.33. The molecule has 0 spiro atoms. The highest BCUT2D eigenvalue weighted by atomic mass is 79.9. The van der Waals surface area contributed by atoms with Crippen molar-refractivity contribution in [3.63, 3.8) is 0 Å². The molecule has 2 rings (SSSR count). The maximum absolute atomic E-state index is 3.52. The van der Waals surface area contributed by atoms with Crippen LogP contribution in [0.4, 0.5) is 0 Å². The lowest BCUT2D eigenvalue weighted by Gasteiger charge is -2.32. The van der Waals surface area contributed by atoms with Gasteiger partial charge in [0.2, 0.25) is 0 Å². The molecule has 0 amide bonds. The maximum Gasteiger partial charge on any atom is 0.0843 e. The van der Waals surface area contributed by atoms with Crippen molar-refractivity contribution in [3.05, 3.63) is 19.2 Å². The van der Waals surface area contributed by atoms with E-state index >= 15 is 0 Å². The summed E-state index contributed by atoms with van der Waals surface area (Å²) in [6.45, 7) is 7.99. The minimum absolute atomic E-state index is 0.961. The number of nitrogens with zero attached hydrogens (tertiary/aromatic N) is 2. The van der Waals surface area contributed by atoms with E-state index in [0.29, 0.717) is 0 Å². The maximum atomic E-state index is 3.52. The number of hydrogen-bond donors (Lipinski definition) is 1. The largest absolute Gasteiger partial charge is 0.311 e. The van der Waals surface area contributed by atoms with E-state index in [4.69, 9.17) is 0 Å². The molecule has 1 fully saturated rings. The quantitative estimate of drug-likeness (QED) is 0.771. The monoisotopic (exact) mass is 395 g/mol. The molecule has 1 aromatic rings. The molecule has 0 radical (unpaired) electrons. The van der Waals surface area contributed by atoms with Gasteiger partial charge in [-0.2, -0.15) is 0 Å². The minimum Gasteiger partial charge on any atom is -0.311 e. The molecular formula is C12H19Br2N3S. The van der Waals surface area contributed by atoms with Crippen LogP contribution in [0.2, 0.25) is 0 Å². The second-order valence-electron chi connectivity index (χ2n) is 4.66. The Kier molecular flexibility index (Phi) is 6.11. The third-order valence-corrected chi connectivity index (χ3v) is 6.45. The molecule has 0 aromatic carbocycles. The Morgan fingerprint density at radius 1 is 1.28 bits per heavy atom. The molecule has 0 aliphatic carbocycles. The van der Waals surface area contributed by atoms with E-state index in [1.807, 2.05) is 0 Å². The number of halogens is 2. The van der Waals surface area contributed by atoms with Crippen molar-refractivity contribution in [2.24, 2.45) is 0 Å². The predicted octanol–water partition coefficient (Wildman–Crippen LogP) is 2.61. The first kappa shape index (κ1) is 14.9. The molecule has 0 unspecified atom stereocenters. The van der Waals surface area contributed by atoms with Crippen LogP contribution in [0.5, 0.6) is 0 Å². The van der Waals surface area contributed by atoms with Gasteiger partial charge in [0.15, 0.2) is 0 Å². The van der Waals surface area contributed by atoms with E-state index in [0.717, 1.165) is 24.1 Å². The normalized spacial score (nSPS) is 18.4. The number of nitrogens with one attached hydrogen (secondary N) is 1. The van der Waals surface area contributed by atoms with Gasteiger partial charge in [0.25, 0.3) is 0 Å². The van der Waals surface area contributed by atoms with Gasteiger partial charge in [-0.15, -0.1) is 11.3 Å². The molecule has 1 aromatic heterocycles. The first-order chi connectivity index (χ1) is 8.65. The van der Waals surface area contributed by atoms with Crippen LogP contribution in [0.15, 0.2) is 14.3 Å². The Bertz CT molecular complexity index is 356. The molecule has 3 nitrogen and oxygen atoms in total. The Balaban J connectivity index is 1.61. The molecule has 18 heavy (non-hydrogen) atoms. The van der Waals surface area contributed by atoms with Crippen molar-refractivity contribution in [2.75, 3.05) is 46.3 Å². The Morgan fingerprint density at radius 2 is 2.00 bits per heavy atom. The lowest BCUT2D eigenvalue weighted by atomic mass is 10.3. The van der Waals surface area contributed by atoms with E-state index in [-0.39, 0.29) is 0 Å². The fourth-order valence-corrected chi connectivity index (χ4v) is 4.15. The molecule has 1 aliphatic heterocycles. The summed E-state index contributed by atoms with van der Waals surface area (Å²) in [5, 5.41) is 3.51. The highest BCUT2D eigenvalue weighted by molar-refractivity contribution is 9.13. The smallest absolute Gasteiger partial charge is 0.0843 e. The van der Waals surface area contributed by atoms with Crippen LogP contribution >= 0.6 is 43.2 Å². The lowest BCUT2D eigenvalue weighted by molar-refractivity contribution is 0.154. The second-order valence-corrected chi connectivity index (χ2v) is 7.97. The van der Waals surface area contributed by atoms with Gasteiger partial charge in [0.05, 0.1) is 3.79 Å². The summed E-state index contributed by atoms with van der Waals surface area (Å²) in [5.41, 5.74) is 0. The molecule has 0 atom stereocenters. The number of rotatable bonds is 5. The zero-order valence-corrected chi connectivity index (χ0v) is 14.6. The van der Waals surface area contributed by atoms with Gasteiger partial charge >= 0.3 is 0 Å². The zero-order valence-electron chi connectivity index (χ0n) is 10.6. The molecule has 102 valence electrons. The van der Waals surface area contributed by atoms with Gasteiger partial charge in [0.1, 0.15) is 0 Å². The third kappa shape index (κ3) is 4.58. The summed E-state index contributed by atoms with van der Waals surface area (Å²) >= 11 is 8.83. The highest BCUT2D eigenvalue weighted by Crippen LogP contribution is 2.32. The van der Waals surface area contributed by atoms with Crippen LogP contribution in [0.1, 0.15) is 4.88 Å². The zero-order chi connectivity index (χ0) is 13.0. The van der Waals surface area contributed by atoms with Crippen LogP contribution in [0.3, 0.4) is 0 Å². The Hall–Kier alpha value is 0.540. The average molecular weight is 397 g/mol. The van der Waals surface area contributed by atoms with Crippen molar-refractivity contribution in [2.45, 2.75) is 6.54 Å². The van der Waals surface area contributed by atoms with Crippen LogP contribution in [0.25, 0.3) is 0 Å². The molecule has 6 heteroatoms. The summed E-state index contributed by atoms with van der Waals surface area (Å²) in [6.07, 6.45) is 0. The topological polar surface area (TPSA) is 18.5 Å². The average Bonchev–Trinajstić information content (AvgIpc) is 2.67. The van der Waals surface area contributed by atoms with E-state index in [1.54, 1.807) is 11.3 Å². The first-order valence-electron chi connectivity index (χ1n) is 6.20. The van der Waals surface area contributed by atoms with E-state index < -0.39 is 0 Å². The SMILES string of the molecule is CN1CCN(CCNCc2cc(Br)c(Br)s2)CC1. The minimum atomic E-state index is 0.961. The van der Waals surface area contributed by atoms with Gasteiger partial charge in [0, 0.05) is 55.2 Å². The van der Waals surface area contributed by atoms with Gasteiger partial charge in [-0.25, -0.2) is 0 Å². The van der Waals surface area contributed by atoms with Crippen LogP contribution in [-0.4, -0.2) is 56.1 Å². The van der Waals surface area contributed by atoms with Crippen molar-refractivity contribution >= 4 is 43.2 Å². The third-order valence-electron chi connectivity index (χ3n) is 3.20. The van der Waals surface area contributed by atoms with Crippen LogP contribution in [0, 0.1) is 0 Å². The van der Waals surface area contributed by atoms with Gasteiger partial charge in [-0.3, -0.25) is 4.90 Å². The second kappa shape index (κ2) is 7.36. The van der Waals surface area contributed by atoms with E-state index in [1.165, 1.54) is 34.8 Å². The van der Waals surface area contributed by atoms with Gasteiger partial charge in [-0.05, 0) is 45.0 Å². The lowest BCUT2D eigenvalue weighted by Crippen LogP contribution is -2.46. The number of thiophene rings is 1. The molecule has 1 aliphatic rings. The van der Waals surface area contributed by atoms with Crippen molar-refractivity contribution in [1.29, 1.82) is 0 Å². The number of likely N-dealkylation sites (N-methyl/N-ethyl adjacent to an activating group) is 1.